The number of fused-ring (bicyclic) bond motifs is 1. The average Bonchev–Trinajstić information content (AvgIpc) is 2.96. The van der Waals surface area contributed by atoms with Gasteiger partial charge in [0.1, 0.15) is 0 Å². The zero-order valence-electron chi connectivity index (χ0n) is 12.0. The molecule has 21 heavy (non-hydrogen) atoms. The number of carbonyl (C=O) groups excluding carboxylic acids is 1. The van der Waals surface area contributed by atoms with Gasteiger partial charge in [0.15, 0.2) is 0 Å². The minimum atomic E-state index is 0.0365. The molecule has 1 aromatic carbocycles. The zero-order chi connectivity index (χ0) is 14.5. The Balaban J connectivity index is 1.48. The first kappa shape index (κ1) is 14.5. The van der Waals surface area contributed by atoms with Gasteiger partial charge in [-0.2, -0.15) is 0 Å². The van der Waals surface area contributed by atoms with Crippen LogP contribution in [0.2, 0.25) is 0 Å². The van der Waals surface area contributed by atoms with Crippen LogP contribution in [0.3, 0.4) is 0 Å². The maximum Gasteiger partial charge on any atom is 0.252 e. The summed E-state index contributed by atoms with van der Waals surface area (Å²) in [5.41, 5.74) is 0.793. The molecular formula is C16H20N2O2S. The van der Waals surface area contributed by atoms with E-state index in [-0.39, 0.29) is 5.91 Å². The molecule has 0 atom stereocenters. The van der Waals surface area contributed by atoms with Crippen molar-refractivity contribution in [2.45, 2.75) is 6.42 Å². The number of amides is 1. The Kier molecular flexibility index (Phi) is 4.85. The summed E-state index contributed by atoms with van der Waals surface area (Å²) in [6.07, 6.45) is 0.980. The average molecular weight is 304 g/mol. The topological polar surface area (TPSA) is 41.6 Å². The molecule has 0 unspecified atom stereocenters. The fourth-order valence-corrected chi connectivity index (χ4v) is 3.52. The highest BCUT2D eigenvalue weighted by Gasteiger charge is 2.12. The number of hydrogen-bond acceptors (Lipinski definition) is 4. The summed E-state index contributed by atoms with van der Waals surface area (Å²) in [4.78, 5) is 14.6. The Hall–Kier alpha value is -1.43. The van der Waals surface area contributed by atoms with Gasteiger partial charge in [0.25, 0.3) is 5.91 Å². The first-order valence-electron chi connectivity index (χ1n) is 7.39. The minimum absolute atomic E-state index is 0.0365. The lowest BCUT2D eigenvalue weighted by Gasteiger charge is -2.26. The number of hydrogen-bond donors (Lipinski definition) is 1. The molecule has 4 nitrogen and oxygen atoms in total. The van der Waals surface area contributed by atoms with E-state index in [1.807, 2.05) is 23.6 Å². The predicted octanol–water partition coefficient (Wildman–Crippen LogP) is 2.35. The van der Waals surface area contributed by atoms with Crippen LogP contribution in [0.4, 0.5) is 0 Å². The van der Waals surface area contributed by atoms with E-state index in [4.69, 9.17) is 4.74 Å². The third-order valence-corrected chi connectivity index (χ3v) is 4.73. The summed E-state index contributed by atoms with van der Waals surface area (Å²) in [6.45, 7) is 5.40. The van der Waals surface area contributed by atoms with Gasteiger partial charge in [0, 0.05) is 35.1 Å². The summed E-state index contributed by atoms with van der Waals surface area (Å²) in [5.74, 6) is 0.0365. The van der Waals surface area contributed by atoms with Gasteiger partial charge in [0.05, 0.1) is 18.8 Å². The van der Waals surface area contributed by atoms with Gasteiger partial charge in [0.2, 0.25) is 0 Å². The summed E-state index contributed by atoms with van der Waals surface area (Å²) < 4.78 is 6.49. The molecule has 2 heterocycles. The highest BCUT2D eigenvalue weighted by molar-refractivity contribution is 7.17. The van der Waals surface area contributed by atoms with Crippen molar-refractivity contribution in [2.24, 2.45) is 0 Å². The van der Waals surface area contributed by atoms with Crippen molar-refractivity contribution in [2.75, 3.05) is 39.4 Å². The Morgan fingerprint density at radius 1 is 1.29 bits per heavy atom. The normalized spacial score (nSPS) is 16.2. The predicted molar refractivity (Wildman–Crippen MR) is 86.0 cm³/mol. The molecular weight excluding hydrogens is 284 g/mol. The highest BCUT2D eigenvalue weighted by atomic mass is 32.1. The summed E-state index contributed by atoms with van der Waals surface area (Å²) >= 11 is 1.62. The highest BCUT2D eigenvalue weighted by Crippen LogP contribution is 2.25. The fourth-order valence-electron chi connectivity index (χ4n) is 2.58. The van der Waals surface area contributed by atoms with Gasteiger partial charge in [-0.15, -0.1) is 11.3 Å². The second-order valence-corrected chi connectivity index (χ2v) is 6.12. The standard InChI is InChI=1S/C16H20N2O2S/c19-16(14-12-21-15-5-2-1-4-13(14)15)17-6-3-7-18-8-10-20-11-9-18/h1-2,4-5,12H,3,6-11H2,(H,17,19). The van der Waals surface area contributed by atoms with E-state index >= 15 is 0 Å². The van der Waals surface area contributed by atoms with E-state index in [2.05, 4.69) is 16.3 Å². The van der Waals surface area contributed by atoms with Crippen LogP contribution < -0.4 is 5.32 Å². The van der Waals surface area contributed by atoms with Crippen LogP contribution >= 0.6 is 11.3 Å². The van der Waals surface area contributed by atoms with Gasteiger partial charge in [-0.25, -0.2) is 0 Å². The van der Waals surface area contributed by atoms with E-state index in [1.54, 1.807) is 11.3 Å². The van der Waals surface area contributed by atoms with Crippen LogP contribution in [-0.4, -0.2) is 50.2 Å². The quantitative estimate of drug-likeness (QED) is 0.862. The Labute approximate surface area is 128 Å². The van der Waals surface area contributed by atoms with Crippen molar-refractivity contribution in [1.29, 1.82) is 0 Å². The molecule has 1 N–H and O–H groups in total. The monoisotopic (exact) mass is 304 g/mol. The van der Waals surface area contributed by atoms with Gasteiger partial charge >= 0.3 is 0 Å². The molecule has 0 bridgehead atoms. The van der Waals surface area contributed by atoms with Crippen molar-refractivity contribution >= 4 is 27.3 Å². The molecule has 0 spiro atoms. The smallest absolute Gasteiger partial charge is 0.252 e. The molecule has 5 heteroatoms. The van der Waals surface area contributed by atoms with E-state index < -0.39 is 0 Å². The molecule has 1 saturated heterocycles. The number of nitrogens with zero attached hydrogens (tertiary/aromatic N) is 1. The number of thiophene rings is 1. The maximum absolute atomic E-state index is 12.2. The van der Waals surface area contributed by atoms with Crippen LogP contribution in [0, 0.1) is 0 Å². The summed E-state index contributed by atoms with van der Waals surface area (Å²) in [7, 11) is 0. The lowest BCUT2D eigenvalue weighted by molar-refractivity contribution is 0.0374. The van der Waals surface area contributed by atoms with Gasteiger partial charge < -0.3 is 10.1 Å². The number of carbonyl (C=O) groups is 1. The molecule has 1 fully saturated rings. The number of morpholine rings is 1. The molecule has 0 radical (unpaired) electrons. The molecule has 2 aromatic rings. The minimum Gasteiger partial charge on any atom is -0.379 e. The van der Waals surface area contributed by atoms with Crippen LogP contribution in [0.1, 0.15) is 16.8 Å². The Morgan fingerprint density at radius 2 is 2.10 bits per heavy atom. The Bertz CT molecular complexity index is 605. The molecule has 1 aliphatic rings. The van der Waals surface area contributed by atoms with Crippen molar-refractivity contribution in [3.8, 4) is 0 Å². The fraction of sp³-hybridized carbons (Fsp3) is 0.438. The third kappa shape index (κ3) is 3.61. The van der Waals surface area contributed by atoms with Gasteiger partial charge in [-0.1, -0.05) is 18.2 Å². The van der Waals surface area contributed by atoms with Crippen molar-refractivity contribution in [3.05, 3.63) is 35.2 Å². The van der Waals surface area contributed by atoms with Crippen LogP contribution in [0.15, 0.2) is 29.6 Å². The van der Waals surface area contributed by atoms with Gasteiger partial charge in [-0.3, -0.25) is 9.69 Å². The van der Waals surface area contributed by atoms with Crippen LogP contribution in [-0.2, 0) is 4.74 Å². The van der Waals surface area contributed by atoms with Crippen molar-refractivity contribution in [1.82, 2.24) is 10.2 Å². The summed E-state index contributed by atoms with van der Waals surface area (Å²) in [5, 5.41) is 6.02. The van der Waals surface area contributed by atoms with E-state index in [1.165, 1.54) is 0 Å². The first-order chi connectivity index (χ1) is 10.3. The van der Waals surface area contributed by atoms with Crippen molar-refractivity contribution < 1.29 is 9.53 Å². The maximum atomic E-state index is 12.2. The van der Waals surface area contributed by atoms with Crippen LogP contribution in [0.5, 0.6) is 0 Å². The Morgan fingerprint density at radius 3 is 2.95 bits per heavy atom. The lowest BCUT2D eigenvalue weighted by Crippen LogP contribution is -2.38. The molecule has 1 aliphatic heterocycles. The second-order valence-electron chi connectivity index (χ2n) is 5.21. The molecule has 3 rings (SSSR count). The number of benzene rings is 1. The molecule has 0 aliphatic carbocycles. The van der Waals surface area contributed by atoms with E-state index in [0.717, 1.165) is 61.5 Å². The van der Waals surface area contributed by atoms with Gasteiger partial charge in [-0.05, 0) is 19.0 Å². The number of ether oxygens (including phenoxy) is 1. The zero-order valence-corrected chi connectivity index (χ0v) is 12.8. The van der Waals surface area contributed by atoms with E-state index in [0.29, 0.717) is 0 Å². The summed E-state index contributed by atoms with van der Waals surface area (Å²) in [6, 6.07) is 8.04. The SMILES string of the molecule is O=C(NCCCN1CCOCC1)c1csc2ccccc12. The lowest BCUT2D eigenvalue weighted by atomic mass is 10.1. The van der Waals surface area contributed by atoms with Crippen LogP contribution in [0.25, 0.3) is 10.1 Å². The molecule has 112 valence electrons. The van der Waals surface area contributed by atoms with Crippen molar-refractivity contribution in [3.63, 3.8) is 0 Å². The number of rotatable bonds is 5. The molecule has 1 aromatic heterocycles. The number of nitrogens with one attached hydrogen (secondary N) is 1. The molecule has 1 amide bonds. The largest absolute Gasteiger partial charge is 0.379 e. The third-order valence-electron chi connectivity index (χ3n) is 3.77. The second kappa shape index (κ2) is 7.02. The molecule has 0 saturated carbocycles. The first-order valence-corrected chi connectivity index (χ1v) is 8.27. The van der Waals surface area contributed by atoms with E-state index in [9.17, 15) is 4.79 Å².